The maximum Gasteiger partial charge on any atom is 0.503 e. The average Bonchev–Trinajstić information content (AvgIpc) is 1.59. The largest absolute Gasteiger partial charge is 0.503 e. The van der Waals surface area contributed by atoms with E-state index in [0.29, 0.717) is 0 Å². The molecule has 0 atom stereocenters. The van der Waals surface area contributed by atoms with E-state index >= 15 is 0 Å². The maximum absolute atomic E-state index is 9.79. The van der Waals surface area contributed by atoms with Crippen molar-refractivity contribution in [2.24, 2.45) is 0 Å². The second kappa shape index (κ2) is 3.71. The molecule has 1 saturated heterocycles. The van der Waals surface area contributed by atoms with Gasteiger partial charge < -0.3 is 15.5 Å². The molecule has 52 valence electrons. The SMILES string of the molecule is O=C(O)O.O=C1CCN1. The molecule has 5 heteroatoms. The van der Waals surface area contributed by atoms with Crippen LogP contribution < -0.4 is 5.32 Å². The highest BCUT2D eigenvalue weighted by Crippen LogP contribution is 1.85. The molecule has 5 nitrogen and oxygen atoms in total. The minimum atomic E-state index is -1.83. The first-order valence-corrected chi connectivity index (χ1v) is 2.31. The zero-order valence-corrected chi connectivity index (χ0v) is 4.63. The second-order valence-electron chi connectivity index (χ2n) is 1.38. The summed E-state index contributed by atoms with van der Waals surface area (Å²) in [6.07, 6.45) is -1.10. The zero-order chi connectivity index (χ0) is 7.28. The number of hydrogen-bond acceptors (Lipinski definition) is 2. The molecular formula is C4H7NO4. The lowest BCUT2D eigenvalue weighted by atomic mass is 10.3. The lowest BCUT2D eigenvalue weighted by molar-refractivity contribution is -0.125. The summed E-state index contributed by atoms with van der Waals surface area (Å²) in [5.41, 5.74) is 0. The van der Waals surface area contributed by atoms with Gasteiger partial charge >= 0.3 is 6.16 Å². The van der Waals surface area contributed by atoms with E-state index in [-0.39, 0.29) is 5.91 Å². The molecule has 0 aliphatic carbocycles. The third-order valence-electron chi connectivity index (χ3n) is 0.674. The van der Waals surface area contributed by atoms with E-state index in [9.17, 15) is 4.79 Å². The van der Waals surface area contributed by atoms with Crippen molar-refractivity contribution >= 4 is 12.1 Å². The standard InChI is InChI=1S/C3H5NO.CH2O3/c5-3-1-2-4-3;2-1(3)4/h1-2H2,(H,4,5);(H2,2,3,4). The fourth-order valence-electron chi connectivity index (χ4n) is 0.227. The van der Waals surface area contributed by atoms with Gasteiger partial charge in [-0.15, -0.1) is 0 Å². The Balaban J connectivity index is 0.000000148. The van der Waals surface area contributed by atoms with Gasteiger partial charge in [-0.1, -0.05) is 0 Å². The topological polar surface area (TPSA) is 86.6 Å². The highest BCUT2D eigenvalue weighted by molar-refractivity contribution is 5.81. The lowest BCUT2D eigenvalue weighted by Gasteiger charge is -2.10. The van der Waals surface area contributed by atoms with Gasteiger partial charge in [-0.05, 0) is 0 Å². The van der Waals surface area contributed by atoms with Gasteiger partial charge in [0, 0.05) is 13.0 Å². The summed E-state index contributed by atoms with van der Waals surface area (Å²) < 4.78 is 0. The highest BCUT2D eigenvalue weighted by Gasteiger charge is 2.07. The third-order valence-corrected chi connectivity index (χ3v) is 0.674. The van der Waals surface area contributed by atoms with Crippen molar-refractivity contribution in [3.8, 4) is 0 Å². The van der Waals surface area contributed by atoms with Gasteiger partial charge in [-0.2, -0.15) is 0 Å². The number of nitrogens with one attached hydrogen (secondary N) is 1. The van der Waals surface area contributed by atoms with Gasteiger partial charge in [0.25, 0.3) is 0 Å². The van der Waals surface area contributed by atoms with Gasteiger partial charge in [0.15, 0.2) is 0 Å². The average molecular weight is 133 g/mol. The summed E-state index contributed by atoms with van der Waals surface area (Å²) in [6.45, 7) is 0.888. The minimum Gasteiger partial charge on any atom is -0.450 e. The predicted octanol–water partition coefficient (Wildman–Crippen LogP) is -0.271. The Labute approximate surface area is 51.3 Å². The smallest absolute Gasteiger partial charge is 0.450 e. The van der Waals surface area contributed by atoms with E-state index in [1.54, 1.807) is 0 Å². The molecule has 0 saturated carbocycles. The van der Waals surface area contributed by atoms with Gasteiger partial charge in [-0.3, -0.25) is 4.79 Å². The van der Waals surface area contributed by atoms with Gasteiger partial charge in [0.2, 0.25) is 5.91 Å². The van der Waals surface area contributed by atoms with Crippen LogP contribution in [0.15, 0.2) is 0 Å². The molecule has 0 unspecified atom stereocenters. The van der Waals surface area contributed by atoms with Gasteiger partial charge in [0.05, 0.1) is 0 Å². The fraction of sp³-hybridized carbons (Fsp3) is 0.500. The number of β-lactam (4-membered cyclic amide) rings is 1. The molecular weight excluding hydrogens is 126 g/mol. The van der Waals surface area contributed by atoms with Crippen LogP contribution in [-0.4, -0.2) is 28.8 Å². The molecule has 0 aromatic heterocycles. The van der Waals surface area contributed by atoms with Crippen LogP contribution in [-0.2, 0) is 4.79 Å². The van der Waals surface area contributed by atoms with E-state index in [1.165, 1.54) is 0 Å². The van der Waals surface area contributed by atoms with Crippen molar-refractivity contribution in [3.63, 3.8) is 0 Å². The molecule has 1 rings (SSSR count). The molecule has 1 aliphatic heterocycles. The molecule has 1 heterocycles. The number of rotatable bonds is 0. The first-order chi connectivity index (χ1) is 4.13. The number of carbonyl (C=O) groups is 2. The van der Waals surface area contributed by atoms with Crippen LogP contribution in [0.2, 0.25) is 0 Å². The summed E-state index contributed by atoms with van der Waals surface area (Å²) in [6, 6.07) is 0. The molecule has 0 radical (unpaired) electrons. The van der Waals surface area contributed by atoms with Crippen LogP contribution in [0, 0.1) is 0 Å². The molecule has 0 bridgehead atoms. The van der Waals surface area contributed by atoms with Gasteiger partial charge in [-0.25, -0.2) is 4.79 Å². The second-order valence-corrected chi connectivity index (χ2v) is 1.38. The summed E-state index contributed by atoms with van der Waals surface area (Å²) in [4.78, 5) is 18.3. The van der Waals surface area contributed by atoms with Crippen LogP contribution in [0.5, 0.6) is 0 Å². The van der Waals surface area contributed by atoms with E-state index in [1.807, 2.05) is 0 Å². The van der Waals surface area contributed by atoms with Crippen molar-refractivity contribution in [1.82, 2.24) is 5.32 Å². The lowest BCUT2D eigenvalue weighted by Crippen LogP contribution is -2.37. The molecule has 9 heavy (non-hydrogen) atoms. The Hall–Kier alpha value is -1.26. The number of carbonyl (C=O) groups excluding carboxylic acids is 1. The minimum absolute atomic E-state index is 0.185. The Morgan fingerprint density at radius 1 is 1.56 bits per heavy atom. The van der Waals surface area contributed by atoms with Crippen molar-refractivity contribution < 1.29 is 19.8 Å². The van der Waals surface area contributed by atoms with Crippen molar-refractivity contribution in [2.45, 2.75) is 6.42 Å². The molecule has 1 aliphatic rings. The highest BCUT2D eigenvalue weighted by atomic mass is 16.6. The number of amides is 1. The molecule has 1 amide bonds. The monoisotopic (exact) mass is 133 g/mol. The van der Waals surface area contributed by atoms with Crippen LogP contribution in [0.4, 0.5) is 4.79 Å². The summed E-state index contributed by atoms with van der Waals surface area (Å²) >= 11 is 0. The van der Waals surface area contributed by atoms with Crippen LogP contribution in [0.3, 0.4) is 0 Å². The van der Waals surface area contributed by atoms with E-state index in [0.717, 1.165) is 13.0 Å². The quantitative estimate of drug-likeness (QED) is 0.397. The van der Waals surface area contributed by atoms with E-state index < -0.39 is 6.16 Å². The van der Waals surface area contributed by atoms with Crippen molar-refractivity contribution in [3.05, 3.63) is 0 Å². The predicted molar refractivity (Wildman–Crippen MR) is 28.3 cm³/mol. The fourth-order valence-corrected chi connectivity index (χ4v) is 0.227. The van der Waals surface area contributed by atoms with Crippen LogP contribution in [0.1, 0.15) is 6.42 Å². The third kappa shape index (κ3) is 6.74. The Morgan fingerprint density at radius 3 is 1.78 bits per heavy atom. The summed E-state index contributed by atoms with van der Waals surface area (Å²) in [7, 11) is 0. The molecule has 1 fully saturated rings. The molecule has 0 spiro atoms. The summed E-state index contributed by atoms with van der Waals surface area (Å²) in [5, 5.41) is 16.5. The summed E-state index contributed by atoms with van der Waals surface area (Å²) in [5.74, 6) is 0.185. The molecule has 3 N–H and O–H groups in total. The van der Waals surface area contributed by atoms with Gasteiger partial charge in [0.1, 0.15) is 0 Å². The molecule has 0 aromatic carbocycles. The Morgan fingerprint density at radius 2 is 1.78 bits per heavy atom. The Kier molecular flexibility index (Phi) is 3.19. The van der Waals surface area contributed by atoms with E-state index in [2.05, 4.69) is 5.32 Å². The van der Waals surface area contributed by atoms with E-state index in [4.69, 9.17) is 15.0 Å². The zero-order valence-electron chi connectivity index (χ0n) is 4.63. The number of hydrogen-bond donors (Lipinski definition) is 3. The van der Waals surface area contributed by atoms with Crippen molar-refractivity contribution in [1.29, 1.82) is 0 Å². The van der Waals surface area contributed by atoms with Crippen molar-refractivity contribution in [2.75, 3.05) is 6.54 Å². The molecule has 0 aromatic rings. The Bertz CT molecular complexity index is 112. The van der Waals surface area contributed by atoms with Crippen LogP contribution >= 0.6 is 0 Å². The van der Waals surface area contributed by atoms with Crippen LogP contribution in [0.25, 0.3) is 0 Å². The first-order valence-electron chi connectivity index (χ1n) is 2.31. The maximum atomic E-state index is 9.79. The number of carboxylic acid groups (broad SMARTS) is 2. The normalized spacial score (nSPS) is 14.0. The first kappa shape index (κ1) is 7.74.